The molecule has 1 heterocycles. The third-order valence-corrected chi connectivity index (χ3v) is 3.52. The van der Waals surface area contributed by atoms with E-state index < -0.39 is 23.9 Å². The molecule has 2 rings (SSSR count). The first-order valence-electron chi connectivity index (χ1n) is 7.09. The fourth-order valence-corrected chi connectivity index (χ4v) is 2.01. The lowest BCUT2D eigenvalue weighted by Gasteiger charge is -2.15. The van der Waals surface area contributed by atoms with Gasteiger partial charge in [-0.1, -0.05) is 6.07 Å². The molecule has 1 atom stereocenters. The number of carbonyl (C=O) groups is 3. The topological polar surface area (TPSA) is 88.2 Å². The second kappa shape index (κ2) is 7.10. The average Bonchev–Trinajstić information content (AvgIpc) is 2.73. The van der Waals surface area contributed by atoms with E-state index in [1.807, 2.05) is 0 Å². The number of benzene rings is 1. The molecule has 1 aromatic carbocycles. The highest BCUT2D eigenvalue weighted by atomic mass is 16.5. The van der Waals surface area contributed by atoms with Gasteiger partial charge in [0.25, 0.3) is 11.8 Å². The van der Waals surface area contributed by atoms with Crippen LogP contribution in [0, 0.1) is 0 Å². The maximum absolute atomic E-state index is 12.2. The molecule has 1 saturated heterocycles. The Morgan fingerprint density at radius 1 is 1.30 bits per heavy atom. The number of hydrogen-bond acceptors (Lipinski definition) is 5. The molecular weight excluding hydrogens is 302 g/mol. The number of rotatable bonds is 6. The highest BCUT2D eigenvalue weighted by Gasteiger charge is 2.41. The van der Waals surface area contributed by atoms with Crippen molar-refractivity contribution >= 4 is 17.8 Å². The Hall–Kier alpha value is -2.61. The molecule has 0 bridgehead atoms. The van der Waals surface area contributed by atoms with Gasteiger partial charge in [-0.15, -0.1) is 0 Å². The van der Waals surface area contributed by atoms with Crippen LogP contribution in [0.5, 0.6) is 5.75 Å². The zero-order valence-electron chi connectivity index (χ0n) is 13.2. The highest BCUT2D eigenvalue weighted by Crippen LogP contribution is 2.16. The van der Waals surface area contributed by atoms with Crippen molar-refractivity contribution < 1.29 is 23.9 Å². The number of urea groups is 1. The van der Waals surface area contributed by atoms with Gasteiger partial charge in [0.15, 0.2) is 0 Å². The van der Waals surface area contributed by atoms with E-state index in [1.165, 1.54) is 18.0 Å². The maximum atomic E-state index is 12.2. The third-order valence-electron chi connectivity index (χ3n) is 3.52. The molecule has 0 spiro atoms. The molecule has 1 fully saturated rings. The lowest BCUT2D eigenvalue weighted by atomic mass is 10.2. The molecule has 124 valence electrons. The molecule has 1 aromatic rings. The Bertz CT molecular complexity index is 599. The van der Waals surface area contributed by atoms with Gasteiger partial charge in [-0.3, -0.25) is 15.0 Å². The van der Waals surface area contributed by atoms with Crippen molar-refractivity contribution in [3.8, 4) is 5.75 Å². The summed E-state index contributed by atoms with van der Waals surface area (Å²) in [7, 11) is 3.07. The summed E-state index contributed by atoms with van der Waals surface area (Å²) in [6.07, 6.45) is 0. The van der Waals surface area contributed by atoms with Crippen molar-refractivity contribution in [2.45, 2.75) is 13.0 Å². The van der Waals surface area contributed by atoms with E-state index in [9.17, 15) is 14.4 Å². The number of ether oxygens (including phenoxy) is 2. The monoisotopic (exact) mass is 321 g/mol. The predicted molar refractivity (Wildman–Crippen MR) is 80.7 cm³/mol. The van der Waals surface area contributed by atoms with Gasteiger partial charge in [-0.2, -0.15) is 5.01 Å². The van der Waals surface area contributed by atoms with E-state index >= 15 is 0 Å². The normalized spacial score (nSPS) is 17.6. The minimum Gasteiger partial charge on any atom is -0.491 e. The molecule has 0 aromatic heterocycles. The maximum Gasteiger partial charge on any atom is 0.346 e. The summed E-state index contributed by atoms with van der Waals surface area (Å²) in [6.45, 7) is 2.38. The van der Waals surface area contributed by atoms with Gasteiger partial charge in [0.05, 0.1) is 6.61 Å². The minimum atomic E-state index is -0.605. The van der Waals surface area contributed by atoms with Crippen molar-refractivity contribution in [3.63, 3.8) is 0 Å². The van der Waals surface area contributed by atoms with Gasteiger partial charge in [-0.25, -0.2) is 4.79 Å². The number of hydrogen-bond donors (Lipinski definition) is 1. The van der Waals surface area contributed by atoms with Crippen LogP contribution in [0.2, 0.25) is 0 Å². The molecule has 1 aliphatic heterocycles. The number of hydrazine groups is 1. The minimum absolute atomic E-state index is 0.280. The zero-order valence-corrected chi connectivity index (χ0v) is 13.2. The first-order valence-corrected chi connectivity index (χ1v) is 7.09. The van der Waals surface area contributed by atoms with Crippen LogP contribution in [0.25, 0.3) is 0 Å². The molecule has 1 aliphatic rings. The summed E-state index contributed by atoms with van der Waals surface area (Å²) in [5, 5.41) is 0.728. The zero-order chi connectivity index (χ0) is 17.0. The van der Waals surface area contributed by atoms with Crippen LogP contribution in [-0.2, 0) is 9.53 Å². The number of nitrogens with zero attached hydrogens (tertiary/aromatic N) is 2. The number of nitrogens with one attached hydrogen (secondary N) is 1. The van der Waals surface area contributed by atoms with Crippen LogP contribution in [0.3, 0.4) is 0 Å². The lowest BCUT2D eigenvalue weighted by molar-refractivity contribution is -0.129. The van der Waals surface area contributed by atoms with Crippen molar-refractivity contribution in [2.24, 2.45) is 0 Å². The van der Waals surface area contributed by atoms with Crippen LogP contribution >= 0.6 is 0 Å². The van der Waals surface area contributed by atoms with E-state index in [0.29, 0.717) is 19.0 Å². The Kier molecular flexibility index (Phi) is 5.17. The first-order chi connectivity index (χ1) is 11.0. The average molecular weight is 321 g/mol. The Labute approximate surface area is 133 Å². The van der Waals surface area contributed by atoms with Crippen molar-refractivity contribution in [1.29, 1.82) is 0 Å². The fraction of sp³-hybridized carbons (Fsp3) is 0.400. The standard InChI is InChI=1S/C15H19N3O5/c1-10-14(20)18(15(21)17(10)2)16-13(19)11-5-4-6-12(9-11)23-8-7-22-3/h4-6,9-10H,7-8H2,1-3H3,(H,16,19). The van der Waals surface area contributed by atoms with Gasteiger partial charge in [0, 0.05) is 19.7 Å². The van der Waals surface area contributed by atoms with E-state index in [0.717, 1.165) is 5.01 Å². The molecule has 0 aliphatic carbocycles. The summed E-state index contributed by atoms with van der Waals surface area (Å²) in [4.78, 5) is 37.3. The summed E-state index contributed by atoms with van der Waals surface area (Å²) < 4.78 is 10.3. The van der Waals surface area contributed by atoms with E-state index in [-0.39, 0.29) is 5.56 Å². The Morgan fingerprint density at radius 2 is 2.04 bits per heavy atom. The second-order valence-electron chi connectivity index (χ2n) is 5.05. The van der Waals surface area contributed by atoms with Crippen LogP contribution < -0.4 is 10.2 Å². The molecule has 1 N–H and O–H groups in total. The van der Waals surface area contributed by atoms with Crippen molar-refractivity contribution in [2.75, 3.05) is 27.4 Å². The Balaban J connectivity index is 2.05. The summed E-state index contributed by atoms with van der Waals surface area (Å²) >= 11 is 0. The summed E-state index contributed by atoms with van der Waals surface area (Å²) in [5.41, 5.74) is 2.60. The van der Waals surface area contributed by atoms with Gasteiger partial charge >= 0.3 is 6.03 Å². The quantitative estimate of drug-likeness (QED) is 0.613. The van der Waals surface area contributed by atoms with E-state index in [1.54, 1.807) is 32.2 Å². The summed E-state index contributed by atoms with van der Waals surface area (Å²) in [6, 6.07) is 5.28. The van der Waals surface area contributed by atoms with Gasteiger partial charge in [-0.05, 0) is 25.1 Å². The van der Waals surface area contributed by atoms with E-state index in [4.69, 9.17) is 9.47 Å². The van der Waals surface area contributed by atoms with Gasteiger partial charge < -0.3 is 14.4 Å². The molecule has 0 radical (unpaired) electrons. The van der Waals surface area contributed by atoms with Crippen molar-refractivity contribution in [1.82, 2.24) is 15.3 Å². The molecule has 0 saturated carbocycles. The second-order valence-corrected chi connectivity index (χ2v) is 5.05. The largest absolute Gasteiger partial charge is 0.491 e. The van der Waals surface area contributed by atoms with E-state index in [2.05, 4.69) is 5.43 Å². The van der Waals surface area contributed by atoms with Crippen LogP contribution in [0.4, 0.5) is 4.79 Å². The first kappa shape index (κ1) is 16.8. The van der Waals surface area contributed by atoms with Gasteiger partial charge in [0.1, 0.15) is 18.4 Å². The number of amides is 4. The number of likely N-dealkylation sites (N-methyl/N-ethyl adjacent to an activating group) is 1. The smallest absolute Gasteiger partial charge is 0.346 e. The predicted octanol–water partition coefficient (Wildman–Crippen LogP) is 0.639. The van der Waals surface area contributed by atoms with Crippen LogP contribution in [0.15, 0.2) is 24.3 Å². The van der Waals surface area contributed by atoms with Crippen LogP contribution in [-0.4, -0.2) is 61.2 Å². The number of methoxy groups -OCH3 is 1. The molecule has 23 heavy (non-hydrogen) atoms. The Morgan fingerprint density at radius 3 is 2.65 bits per heavy atom. The SMILES string of the molecule is COCCOc1cccc(C(=O)NN2C(=O)C(C)N(C)C2=O)c1. The molecule has 4 amide bonds. The fourth-order valence-electron chi connectivity index (χ4n) is 2.01. The summed E-state index contributed by atoms with van der Waals surface area (Å²) in [5.74, 6) is -0.538. The lowest BCUT2D eigenvalue weighted by Crippen LogP contribution is -2.46. The number of carbonyl (C=O) groups excluding carboxylic acids is 3. The van der Waals surface area contributed by atoms with Gasteiger partial charge in [0.2, 0.25) is 0 Å². The molecular formula is C15H19N3O5. The molecule has 8 heteroatoms. The molecule has 1 unspecified atom stereocenters. The number of imide groups is 1. The third kappa shape index (κ3) is 3.59. The van der Waals surface area contributed by atoms with Crippen LogP contribution in [0.1, 0.15) is 17.3 Å². The highest BCUT2D eigenvalue weighted by molar-refractivity contribution is 6.06. The van der Waals surface area contributed by atoms with Crippen molar-refractivity contribution in [3.05, 3.63) is 29.8 Å². The molecule has 8 nitrogen and oxygen atoms in total.